The van der Waals surface area contributed by atoms with E-state index in [1.807, 2.05) is 65.8 Å². The lowest BCUT2D eigenvalue weighted by Crippen LogP contribution is -2.53. The summed E-state index contributed by atoms with van der Waals surface area (Å²) in [5.74, 6) is -0.143. The van der Waals surface area contributed by atoms with Gasteiger partial charge in [0.2, 0.25) is 5.91 Å². The van der Waals surface area contributed by atoms with Crippen LogP contribution in [0.3, 0.4) is 0 Å². The fourth-order valence-electron chi connectivity index (χ4n) is 5.17. The van der Waals surface area contributed by atoms with Gasteiger partial charge < -0.3 is 20.1 Å². The first-order chi connectivity index (χ1) is 21.6. The zero-order chi connectivity index (χ0) is 32.0. The molecule has 0 saturated heterocycles. The van der Waals surface area contributed by atoms with Crippen molar-refractivity contribution in [3.63, 3.8) is 0 Å². The quantitative estimate of drug-likeness (QED) is 0.151. The van der Waals surface area contributed by atoms with Crippen molar-refractivity contribution in [1.82, 2.24) is 19.8 Å². The van der Waals surface area contributed by atoms with Gasteiger partial charge in [0.05, 0.1) is 40.0 Å². The maximum Gasteiger partial charge on any atom is 0.226 e. The molecule has 4 aromatic carbocycles. The van der Waals surface area contributed by atoms with Crippen LogP contribution in [0.2, 0.25) is 10.0 Å². The molecule has 0 radical (unpaired) electrons. The molecule has 0 aliphatic rings. The molecule has 45 heavy (non-hydrogen) atoms. The summed E-state index contributed by atoms with van der Waals surface area (Å²) in [6.07, 6.45) is 3.56. The highest BCUT2D eigenvalue weighted by molar-refractivity contribution is 7.80. The Morgan fingerprint density at radius 3 is 2.53 bits per heavy atom. The van der Waals surface area contributed by atoms with E-state index >= 15 is 0 Å². The molecule has 5 rings (SSSR count). The van der Waals surface area contributed by atoms with Gasteiger partial charge in [-0.05, 0) is 78.3 Å². The van der Waals surface area contributed by atoms with E-state index in [4.69, 9.17) is 40.7 Å². The van der Waals surface area contributed by atoms with Gasteiger partial charge in [0.15, 0.2) is 5.11 Å². The van der Waals surface area contributed by atoms with Crippen LogP contribution in [-0.2, 0) is 24.3 Å². The number of fused-ring (bicyclic) bond motifs is 1. The van der Waals surface area contributed by atoms with Crippen molar-refractivity contribution in [3.05, 3.63) is 130 Å². The van der Waals surface area contributed by atoms with Crippen LogP contribution in [0, 0.1) is 11.3 Å². The Kier molecular flexibility index (Phi) is 10.0. The number of hydrogen-bond acceptors (Lipinski definition) is 4. The van der Waals surface area contributed by atoms with Gasteiger partial charge in [-0.25, -0.2) is 4.98 Å². The lowest BCUT2D eigenvalue weighted by Gasteiger charge is -2.35. The molecule has 7 nitrogen and oxygen atoms in total. The largest absolute Gasteiger partial charge is 0.349 e. The minimum Gasteiger partial charge on any atom is -0.349 e. The predicted octanol–water partition coefficient (Wildman–Crippen LogP) is 7.60. The molecule has 0 aliphatic heterocycles. The minimum absolute atomic E-state index is 0.143. The summed E-state index contributed by atoms with van der Waals surface area (Å²) in [6, 6.07) is 29.3. The van der Waals surface area contributed by atoms with Crippen LogP contribution < -0.4 is 10.6 Å². The molecule has 0 fully saturated rings. The summed E-state index contributed by atoms with van der Waals surface area (Å²) in [5, 5.41) is 19.3. The predicted molar refractivity (Wildman–Crippen MR) is 185 cm³/mol. The Balaban J connectivity index is 1.29. The fraction of sp³-hybridized carbons (Fsp3) is 0.200. The van der Waals surface area contributed by atoms with E-state index in [0.717, 1.165) is 33.3 Å². The molecular weight excluding hydrogens is 623 g/mol. The first-order valence-corrected chi connectivity index (χ1v) is 15.5. The van der Waals surface area contributed by atoms with E-state index in [2.05, 4.69) is 46.0 Å². The first kappa shape index (κ1) is 32.0. The highest BCUT2D eigenvalue weighted by Crippen LogP contribution is 2.28. The second-order valence-corrected chi connectivity index (χ2v) is 12.7. The van der Waals surface area contributed by atoms with E-state index in [-0.39, 0.29) is 12.3 Å². The molecule has 10 heteroatoms. The number of anilines is 1. The molecule has 2 N–H and O–H groups in total. The summed E-state index contributed by atoms with van der Waals surface area (Å²) in [4.78, 5) is 19.6. The number of rotatable bonds is 10. The number of aromatic nitrogens is 2. The first-order valence-electron chi connectivity index (χ1n) is 14.4. The SMILES string of the molecule is CC(C)(CN(Cc1cccc(Cl)c1Cl)C(=S)Nc1ccc2ccccc2c1)NC(=O)Cc1cncn1Cc1ccc(C#N)cc1. The molecule has 0 spiro atoms. The van der Waals surface area contributed by atoms with E-state index in [1.165, 1.54) is 0 Å². The number of carbonyl (C=O) groups excluding carboxylic acids is 1. The van der Waals surface area contributed by atoms with Crippen LogP contribution in [-0.4, -0.2) is 37.6 Å². The second-order valence-electron chi connectivity index (χ2n) is 11.5. The van der Waals surface area contributed by atoms with Crippen LogP contribution in [0.5, 0.6) is 0 Å². The van der Waals surface area contributed by atoms with Gasteiger partial charge in [-0.2, -0.15) is 5.26 Å². The maximum absolute atomic E-state index is 13.3. The molecule has 1 amide bonds. The number of halogens is 2. The highest BCUT2D eigenvalue weighted by Gasteiger charge is 2.27. The molecular formula is C35H32Cl2N6OS. The molecule has 0 saturated carbocycles. The number of hydrogen-bond donors (Lipinski definition) is 2. The van der Waals surface area contributed by atoms with Gasteiger partial charge in [0, 0.05) is 37.2 Å². The Morgan fingerprint density at radius 2 is 1.78 bits per heavy atom. The number of nitriles is 1. The lowest BCUT2D eigenvalue weighted by atomic mass is 10.0. The van der Waals surface area contributed by atoms with Gasteiger partial charge in [-0.15, -0.1) is 0 Å². The standard InChI is InChI=1S/C35H32Cl2N6OS/c1-35(2,41-32(44)17-30-19-39-23-43(30)20-25-12-10-24(18-38)11-13-25)22-42(21-28-8-5-9-31(36)33(28)37)34(45)40-29-15-14-26-6-3-4-7-27(26)16-29/h3-16,19,23H,17,20-22H2,1-2H3,(H,40,45)(H,41,44). The van der Waals surface area contributed by atoms with Crippen LogP contribution in [0.15, 0.2) is 97.5 Å². The average Bonchev–Trinajstić information content (AvgIpc) is 3.44. The highest BCUT2D eigenvalue weighted by atomic mass is 35.5. The number of thiocarbonyl (C=S) groups is 1. The van der Waals surface area contributed by atoms with Crippen molar-refractivity contribution in [2.75, 3.05) is 11.9 Å². The monoisotopic (exact) mass is 654 g/mol. The van der Waals surface area contributed by atoms with E-state index in [1.54, 1.807) is 30.7 Å². The topological polar surface area (TPSA) is 86.0 Å². The van der Waals surface area contributed by atoms with Gasteiger partial charge >= 0.3 is 0 Å². The zero-order valence-corrected chi connectivity index (χ0v) is 27.3. The van der Waals surface area contributed by atoms with Gasteiger partial charge in [-0.3, -0.25) is 4.79 Å². The average molecular weight is 656 g/mol. The molecule has 5 aromatic rings. The number of imidazole rings is 1. The number of carbonyl (C=O) groups is 1. The van der Waals surface area contributed by atoms with Crippen LogP contribution in [0.25, 0.3) is 10.8 Å². The van der Waals surface area contributed by atoms with Crippen molar-refractivity contribution in [1.29, 1.82) is 5.26 Å². The van der Waals surface area contributed by atoms with Crippen LogP contribution >= 0.6 is 35.4 Å². The van der Waals surface area contributed by atoms with E-state index < -0.39 is 5.54 Å². The van der Waals surface area contributed by atoms with Crippen molar-refractivity contribution in [2.24, 2.45) is 0 Å². The summed E-state index contributed by atoms with van der Waals surface area (Å²) in [7, 11) is 0. The third-order valence-electron chi connectivity index (χ3n) is 7.32. The Bertz CT molecular complexity index is 1880. The number of nitrogens with zero attached hydrogens (tertiary/aromatic N) is 4. The maximum atomic E-state index is 13.3. The molecule has 1 aromatic heterocycles. The smallest absolute Gasteiger partial charge is 0.226 e. The Labute approximate surface area is 278 Å². The second kappa shape index (κ2) is 14.1. The van der Waals surface area contributed by atoms with Crippen molar-refractivity contribution < 1.29 is 4.79 Å². The zero-order valence-electron chi connectivity index (χ0n) is 24.9. The Hall–Kier alpha value is -4.42. The molecule has 228 valence electrons. The molecule has 1 heterocycles. The molecule has 0 atom stereocenters. The van der Waals surface area contributed by atoms with Gasteiger partial charge in [-0.1, -0.05) is 77.8 Å². The van der Waals surface area contributed by atoms with Crippen molar-refractivity contribution >= 4 is 62.9 Å². The van der Waals surface area contributed by atoms with Crippen LogP contribution in [0.1, 0.15) is 36.2 Å². The molecule has 0 unspecified atom stereocenters. The summed E-state index contributed by atoms with van der Waals surface area (Å²) >= 11 is 18.8. The summed E-state index contributed by atoms with van der Waals surface area (Å²) < 4.78 is 1.93. The van der Waals surface area contributed by atoms with Crippen LogP contribution in [0.4, 0.5) is 5.69 Å². The van der Waals surface area contributed by atoms with Crippen molar-refractivity contribution in [2.45, 2.75) is 38.9 Å². The Morgan fingerprint density at radius 1 is 1.02 bits per heavy atom. The van der Waals surface area contributed by atoms with E-state index in [9.17, 15) is 4.79 Å². The molecule has 0 bridgehead atoms. The third-order valence-corrected chi connectivity index (χ3v) is 8.54. The number of benzene rings is 4. The molecule has 0 aliphatic carbocycles. The lowest BCUT2D eigenvalue weighted by molar-refractivity contribution is -0.122. The summed E-state index contributed by atoms with van der Waals surface area (Å²) in [6.45, 7) is 5.25. The van der Waals surface area contributed by atoms with Gasteiger partial charge in [0.25, 0.3) is 0 Å². The third kappa shape index (κ3) is 8.40. The number of amides is 1. The van der Waals surface area contributed by atoms with E-state index in [0.29, 0.717) is 40.4 Å². The normalized spacial score (nSPS) is 11.2. The number of nitrogens with one attached hydrogen (secondary N) is 2. The summed E-state index contributed by atoms with van der Waals surface area (Å²) in [5.41, 5.74) is 3.40. The fourth-order valence-corrected chi connectivity index (χ4v) is 5.79. The van der Waals surface area contributed by atoms with Gasteiger partial charge in [0.1, 0.15) is 0 Å². The minimum atomic E-state index is -0.671. The van der Waals surface area contributed by atoms with Crippen molar-refractivity contribution in [3.8, 4) is 6.07 Å².